The van der Waals surface area contributed by atoms with Crippen LogP contribution in [0.15, 0.2) is 48.7 Å². The number of urea groups is 1. The number of benzene rings is 2. The Morgan fingerprint density at radius 2 is 1.94 bits per heavy atom. The summed E-state index contributed by atoms with van der Waals surface area (Å²) < 4.78 is 11.1. The van der Waals surface area contributed by atoms with Crippen molar-refractivity contribution in [3.05, 3.63) is 59.8 Å². The van der Waals surface area contributed by atoms with Crippen LogP contribution in [0.25, 0.3) is 10.9 Å². The maximum absolute atomic E-state index is 12.9. The molecule has 0 radical (unpaired) electrons. The van der Waals surface area contributed by atoms with Crippen LogP contribution < -0.4 is 20.1 Å². The number of fused-ring (bicyclic) bond motifs is 2. The number of nitrogens with one attached hydrogen (secondary N) is 3. The Labute approximate surface area is 190 Å². The van der Waals surface area contributed by atoms with Gasteiger partial charge < -0.3 is 25.1 Å². The van der Waals surface area contributed by atoms with Crippen LogP contribution >= 0.6 is 0 Å². The molecule has 4 amide bonds. The number of hydrogen-bond donors (Lipinski definition) is 3. The Balaban J connectivity index is 1.21. The zero-order valence-corrected chi connectivity index (χ0v) is 18.1. The molecule has 2 atom stereocenters. The highest BCUT2D eigenvalue weighted by atomic mass is 16.6. The van der Waals surface area contributed by atoms with E-state index in [9.17, 15) is 14.4 Å². The molecule has 0 saturated carbocycles. The van der Waals surface area contributed by atoms with Crippen LogP contribution in [-0.4, -0.2) is 53.5 Å². The topological polar surface area (TPSA) is 113 Å². The molecule has 0 aliphatic carbocycles. The normalized spacial score (nSPS) is 18.3. The van der Waals surface area contributed by atoms with Crippen LogP contribution in [-0.2, 0) is 16.0 Å². The molecule has 1 aromatic heterocycles. The first-order valence-electron chi connectivity index (χ1n) is 10.9. The van der Waals surface area contributed by atoms with Crippen molar-refractivity contribution in [2.24, 2.45) is 0 Å². The number of imide groups is 1. The third-order valence-corrected chi connectivity index (χ3v) is 5.95. The van der Waals surface area contributed by atoms with Gasteiger partial charge in [-0.05, 0) is 36.2 Å². The van der Waals surface area contributed by atoms with E-state index >= 15 is 0 Å². The van der Waals surface area contributed by atoms with Crippen molar-refractivity contribution in [3.8, 4) is 11.5 Å². The smallest absolute Gasteiger partial charge is 0.325 e. The van der Waals surface area contributed by atoms with Gasteiger partial charge in [0.2, 0.25) is 5.91 Å². The number of para-hydroxylation sites is 1. The maximum Gasteiger partial charge on any atom is 0.325 e. The summed E-state index contributed by atoms with van der Waals surface area (Å²) >= 11 is 0. The fourth-order valence-corrected chi connectivity index (χ4v) is 4.23. The number of nitrogens with zero attached hydrogens (tertiary/aromatic N) is 1. The van der Waals surface area contributed by atoms with Crippen LogP contribution in [0.1, 0.15) is 24.1 Å². The molecular formula is C24H24N4O5. The molecule has 3 N–H and O–H groups in total. The van der Waals surface area contributed by atoms with Crippen LogP contribution in [0.5, 0.6) is 11.5 Å². The lowest BCUT2D eigenvalue weighted by Crippen LogP contribution is -2.42. The van der Waals surface area contributed by atoms with Gasteiger partial charge in [-0.15, -0.1) is 0 Å². The number of carbonyl (C=O) groups excluding carboxylic acids is 3. The van der Waals surface area contributed by atoms with Gasteiger partial charge in [-0.2, -0.15) is 0 Å². The monoisotopic (exact) mass is 448 g/mol. The highest BCUT2D eigenvalue weighted by Gasteiger charge is 2.39. The van der Waals surface area contributed by atoms with Gasteiger partial charge in [-0.25, -0.2) is 4.79 Å². The van der Waals surface area contributed by atoms with E-state index in [1.807, 2.05) is 49.5 Å². The summed E-state index contributed by atoms with van der Waals surface area (Å²) in [7, 11) is 0. The highest BCUT2D eigenvalue weighted by Crippen LogP contribution is 2.32. The first-order valence-corrected chi connectivity index (χ1v) is 10.9. The van der Waals surface area contributed by atoms with Gasteiger partial charge in [0.1, 0.15) is 25.8 Å². The van der Waals surface area contributed by atoms with Crippen molar-refractivity contribution in [3.63, 3.8) is 0 Å². The van der Waals surface area contributed by atoms with Crippen LogP contribution in [0.4, 0.5) is 4.79 Å². The number of carbonyl (C=O) groups is 3. The lowest BCUT2D eigenvalue weighted by atomic mass is 10.1. The average molecular weight is 448 g/mol. The Bertz CT molecular complexity index is 1240. The fraction of sp³-hybridized carbons (Fsp3) is 0.292. The van der Waals surface area contributed by atoms with E-state index in [1.54, 1.807) is 6.07 Å². The van der Waals surface area contributed by atoms with Crippen molar-refractivity contribution in [2.75, 3.05) is 19.8 Å². The summed E-state index contributed by atoms with van der Waals surface area (Å²) in [5, 5.41) is 6.54. The van der Waals surface area contributed by atoms with Crippen molar-refractivity contribution in [1.82, 2.24) is 20.5 Å². The Morgan fingerprint density at radius 1 is 1.15 bits per heavy atom. The zero-order chi connectivity index (χ0) is 22.9. The van der Waals surface area contributed by atoms with E-state index < -0.39 is 23.9 Å². The van der Waals surface area contributed by atoms with Crippen molar-refractivity contribution >= 4 is 28.7 Å². The predicted octanol–water partition coefficient (Wildman–Crippen LogP) is 2.28. The van der Waals surface area contributed by atoms with Gasteiger partial charge in [0.15, 0.2) is 11.5 Å². The molecule has 0 spiro atoms. The average Bonchev–Trinajstić information content (AvgIpc) is 3.35. The minimum atomic E-state index is -0.709. The van der Waals surface area contributed by atoms with Gasteiger partial charge in [-0.1, -0.05) is 24.3 Å². The summed E-state index contributed by atoms with van der Waals surface area (Å²) in [5.41, 5.74) is 2.73. The number of amides is 4. The summed E-state index contributed by atoms with van der Waals surface area (Å²) in [6.07, 6.45) is 2.19. The summed E-state index contributed by atoms with van der Waals surface area (Å²) in [6, 6.07) is 11.6. The number of hydrogen-bond acceptors (Lipinski definition) is 5. The second kappa shape index (κ2) is 8.50. The number of ether oxygens (including phenoxy) is 2. The quantitative estimate of drug-likeness (QED) is 0.501. The molecule has 3 heterocycles. The fourth-order valence-electron chi connectivity index (χ4n) is 4.23. The van der Waals surface area contributed by atoms with Crippen molar-refractivity contribution < 1.29 is 23.9 Å². The van der Waals surface area contributed by atoms with Crippen LogP contribution in [0.3, 0.4) is 0 Å². The lowest BCUT2D eigenvalue weighted by molar-refractivity contribution is -0.132. The molecule has 170 valence electrons. The standard InChI is InChI=1S/C24H24N4O5/c1-14(15-6-7-20-21(11-15)33-9-8-32-20)26-22(29)13-28-23(30)19(27-24(28)31)10-16-12-25-18-5-3-2-4-17(16)18/h2-7,11-12,14,19,25H,8-10,13H2,1H3,(H,26,29)(H,27,31)/t14-,19-/m0/s1. The Kier molecular flexibility index (Phi) is 5.37. The molecule has 0 bridgehead atoms. The molecule has 9 heteroatoms. The minimum absolute atomic E-state index is 0.337. The zero-order valence-electron chi connectivity index (χ0n) is 18.1. The van der Waals surface area contributed by atoms with Gasteiger partial charge in [-0.3, -0.25) is 14.5 Å². The number of aromatic nitrogens is 1. The van der Waals surface area contributed by atoms with Gasteiger partial charge in [0.05, 0.1) is 6.04 Å². The number of rotatable bonds is 6. The van der Waals surface area contributed by atoms with Crippen LogP contribution in [0.2, 0.25) is 0 Å². The van der Waals surface area contributed by atoms with Crippen molar-refractivity contribution in [2.45, 2.75) is 25.4 Å². The molecule has 2 aromatic carbocycles. The van der Waals surface area contributed by atoms with E-state index in [1.165, 1.54) is 0 Å². The number of H-pyrrole nitrogens is 1. The summed E-state index contributed by atoms with van der Waals surface area (Å²) in [6.45, 7) is 2.47. The first-order chi connectivity index (χ1) is 16.0. The van der Waals surface area contributed by atoms with E-state index in [2.05, 4.69) is 15.6 Å². The maximum atomic E-state index is 12.9. The Morgan fingerprint density at radius 3 is 2.79 bits per heavy atom. The van der Waals surface area contributed by atoms with Gasteiger partial charge in [0.25, 0.3) is 5.91 Å². The molecule has 1 saturated heterocycles. The molecule has 5 rings (SSSR count). The lowest BCUT2D eigenvalue weighted by Gasteiger charge is -2.21. The van der Waals surface area contributed by atoms with E-state index in [4.69, 9.17) is 9.47 Å². The highest BCUT2D eigenvalue weighted by molar-refractivity contribution is 6.06. The first kappa shape index (κ1) is 20.9. The van der Waals surface area contributed by atoms with E-state index in [-0.39, 0.29) is 12.6 Å². The molecule has 9 nitrogen and oxygen atoms in total. The second-order valence-corrected chi connectivity index (χ2v) is 8.18. The molecule has 2 aliphatic heterocycles. The summed E-state index contributed by atoms with van der Waals surface area (Å²) in [4.78, 5) is 42.0. The van der Waals surface area contributed by atoms with E-state index in [0.29, 0.717) is 31.1 Å². The number of aromatic amines is 1. The van der Waals surface area contributed by atoms with Gasteiger partial charge in [0, 0.05) is 23.5 Å². The molecule has 2 aliphatic rings. The molecule has 0 unspecified atom stereocenters. The SMILES string of the molecule is C[C@H](NC(=O)CN1C(=O)N[C@@H](Cc2c[nH]c3ccccc23)C1=O)c1ccc2c(c1)OCCO2. The molecular weight excluding hydrogens is 424 g/mol. The van der Waals surface area contributed by atoms with Gasteiger partial charge >= 0.3 is 6.03 Å². The summed E-state index contributed by atoms with van der Waals surface area (Å²) in [5.74, 6) is 0.472. The largest absolute Gasteiger partial charge is 0.486 e. The third kappa shape index (κ3) is 4.09. The Hall–Kier alpha value is -4.01. The third-order valence-electron chi connectivity index (χ3n) is 5.95. The predicted molar refractivity (Wildman–Crippen MR) is 120 cm³/mol. The second-order valence-electron chi connectivity index (χ2n) is 8.18. The van der Waals surface area contributed by atoms with Crippen LogP contribution in [0, 0.1) is 0 Å². The minimum Gasteiger partial charge on any atom is -0.486 e. The molecule has 1 fully saturated rings. The molecule has 33 heavy (non-hydrogen) atoms. The molecule has 3 aromatic rings. The van der Waals surface area contributed by atoms with Crippen molar-refractivity contribution in [1.29, 1.82) is 0 Å². The van der Waals surface area contributed by atoms with E-state index in [0.717, 1.165) is 26.9 Å².